The van der Waals surface area contributed by atoms with Crippen LogP contribution in [0.4, 0.5) is 0 Å². The molecule has 0 saturated carbocycles. The molecule has 3 fully saturated rings. The molecule has 0 aromatic heterocycles. The first kappa shape index (κ1) is 39.6. The minimum atomic E-state index is -0.733. The first-order chi connectivity index (χ1) is 26.2. The fourth-order valence-corrected chi connectivity index (χ4v) is 9.01. The van der Waals surface area contributed by atoms with Gasteiger partial charge in [0.2, 0.25) is 0 Å². The zero-order valence-electron chi connectivity index (χ0n) is 31.3. The molecule has 7 N–H and O–H groups in total. The SMILES string of the molecule is O=C(O)[C@@H](Cc1ccc(CCNC(Cc2cccc(C[C@@H](C(=O)O)C3CCNC3)c2)Cc2cccc(C[C@@H](C(=O)O)C3CCNC3)c2)cc1)[C@H]1CCNC1. The van der Waals surface area contributed by atoms with Crippen LogP contribution in [0.15, 0.2) is 72.8 Å². The smallest absolute Gasteiger partial charge is 0.307 e. The molecule has 3 aromatic rings. The monoisotopic (exact) mass is 738 g/mol. The van der Waals surface area contributed by atoms with Crippen molar-refractivity contribution < 1.29 is 29.7 Å². The second-order valence-electron chi connectivity index (χ2n) is 16.0. The van der Waals surface area contributed by atoms with Gasteiger partial charge in [-0.15, -0.1) is 0 Å². The van der Waals surface area contributed by atoms with E-state index in [2.05, 4.69) is 69.8 Å². The Morgan fingerprint density at radius 2 is 0.907 bits per heavy atom. The molecule has 10 nitrogen and oxygen atoms in total. The van der Waals surface area contributed by atoms with Crippen LogP contribution in [0.3, 0.4) is 0 Å². The number of hydrogen-bond acceptors (Lipinski definition) is 7. The molecule has 6 atom stereocenters. The number of hydrogen-bond donors (Lipinski definition) is 7. The van der Waals surface area contributed by atoms with Crippen molar-refractivity contribution in [2.75, 3.05) is 45.8 Å². The number of nitrogens with one attached hydrogen (secondary N) is 4. The first-order valence-electron chi connectivity index (χ1n) is 20.0. The van der Waals surface area contributed by atoms with Gasteiger partial charge in [0, 0.05) is 6.04 Å². The maximum absolute atomic E-state index is 12.2. The van der Waals surface area contributed by atoms with Crippen molar-refractivity contribution in [3.05, 3.63) is 106 Å². The topological polar surface area (TPSA) is 160 Å². The summed E-state index contributed by atoms with van der Waals surface area (Å²) in [6.07, 6.45) is 6.57. The lowest BCUT2D eigenvalue weighted by molar-refractivity contribution is -0.144. The molecule has 3 heterocycles. The van der Waals surface area contributed by atoms with Gasteiger partial charge < -0.3 is 36.6 Å². The quantitative estimate of drug-likeness (QED) is 0.0895. The van der Waals surface area contributed by atoms with Gasteiger partial charge in [-0.3, -0.25) is 14.4 Å². The summed E-state index contributed by atoms with van der Waals surface area (Å²) in [5.74, 6) is -2.96. The average molecular weight is 739 g/mol. The molecule has 3 aliphatic rings. The van der Waals surface area contributed by atoms with Crippen LogP contribution in [0.25, 0.3) is 0 Å². The van der Waals surface area contributed by atoms with Crippen molar-refractivity contribution in [1.29, 1.82) is 0 Å². The number of benzene rings is 3. The maximum Gasteiger partial charge on any atom is 0.307 e. The normalized spacial score (nSPS) is 22.1. The predicted octanol–water partition coefficient (Wildman–Crippen LogP) is 4.23. The van der Waals surface area contributed by atoms with Crippen LogP contribution in [0.1, 0.15) is 52.6 Å². The molecule has 0 aliphatic carbocycles. The summed E-state index contributed by atoms with van der Waals surface area (Å²) in [6.45, 7) is 5.62. The molecule has 0 spiro atoms. The zero-order valence-corrected chi connectivity index (χ0v) is 31.3. The summed E-state index contributed by atoms with van der Waals surface area (Å²) in [5.41, 5.74) is 6.64. The molecule has 3 saturated heterocycles. The highest BCUT2D eigenvalue weighted by molar-refractivity contribution is 5.72. The van der Waals surface area contributed by atoms with Gasteiger partial charge in [0.05, 0.1) is 17.8 Å². The fourth-order valence-electron chi connectivity index (χ4n) is 9.01. The molecule has 2 unspecified atom stereocenters. The number of carboxylic acid groups (broad SMARTS) is 3. The van der Waals surface area contributed by atoms with Crippen LogP contribution in [0.2, 0.25) is 0 Å². The molecule has 0 amide bonds. The first-order valence-corrected chi connectivity index (χ1v) is 20.0. The maximum atomic E-state index is 12.2. The van der Waals surface area contributed by atoms with Crippen LogP contribution in [0.5, 0.6) is 0 Å². The van der Waals surface area contributed by atoms with Gasteiger partial charge >= 0.3 is 17.9 Å². The zero-order chi connectivity index (χ0) is 37.9. The van der Waals surface area contributed by atoms with E-state index < -0.39 is 29.7 Å². The summed E-state index contributed by atoms with van der Waals surface area (Å²) in [6, 6.07) is 25.2. The van der Waals surface area contributed by atoms with E-state index in [1.807, 2.05) is 24.3 Å². The third kappa shape index (κ3) is 11.2. The molecule has 3 aromatic carbocycles. The van der Waals surface area contributed by atoms with Crippen molar-refractivity contribution in [3.8, 4) is 0 Å². The lowest BCUT2D eigenvalue weighted by Gasteiger charge is -2.22. The number of carbonyl (C=O) groups is 3. The van der Waals surface area contributed by atoms with E-state index in [0.29, 0.717) is 19.3 Å². The van der Waals surface area contributed by atoms with E-state index in [4.69, 9.17) is 0 Å². The Balaban J connectivity index is 1.13. The van der Waals surface area contributed by atoms with E-state index in [0.717, 1.165) is 112 Å². The van der Waals surface area contributed by atoms with Crippen molar-refractivity contribution in [2.24, 2.45) is 35.5 Å². The van der Waals surface area contributed by atoms with Crippen LogP contribution >= 0.6 is 0 Å². The standard InChI is InChI=1S/C44H58N4O6/c49-42(50)39(35-12-15-45-26-35)23-30-9-7-29(8-10-30)11-18-48-38(21-31-3-1-5-33(19-31)24-40(43(51)52)36-13-16-46-27-36)22-32-4-2-6-34(20-32)25-41(44(53)54)37-14-17-47-28-37/h1-10,19-20,35-41,45-48H,11-18,21-28H2,(H,49,50)(H,51,52)(H,53,54)/t35-,36?,37?,38?,39-,40+,41+/m0/s1. The number of rotatable bonds is 20. The van der Waals surface area contributed by atoms with Gasteiger partial charge in [-0.1, -0.05) is 72.8 Å². The summed E-state index contributed by atoms with van der Waals surface area (Å²) < 4.78 is 0. The Hall–Kier alpha value is -4.09. The lowest BCUT2D eigenvalue weighted by atomic mass is 9.85. The summed E-state index contributed by atoms with van der Waals surface area (Å²) in [4.78, 5) is 36.5. The van der Waals surface area contributed by atoms with Gasteiger partial charge in [0.1, 0.15) is 0 Å². The molecule has 6 rings (SSSR count). The molecule has 10 heteroatoms. The minimum Gasteiger partial charge on any atom is -0.481 e. The molecule has 0 bridgehead atoms. The highest BCUT2D eigenvalue weighted by Crippen LogP contribution is 2.27. The molecular weight excluding hydrogens is 681 g/mol. The molecule has 54 heavy (non-hydrogen) atoms. The fraction of sp³-hybridized carbons (Fsp3) is 0.523. The average Bonchev–Trinajstić information content (AvgIpc) is 3.98. The van der Waals surface area contributed by atoms with Crippen LogP contribution in [0, 0.1) is 35.5 Å². The predicted molar refractivity (Wildman–Crippen MR) is 210 cm³/mol. The molecule has 3 aliphatic heterocycles. The summed E-state index contributed by atoms with van der Waals surface area (Å²) in [5, 5.41) is 43.7. The van der Waals surface area contributed by atoms with Crippen LogP contribution in [-0.4, -0.2) is 85.1 Å². The van der Waals surface area contributed by atoms with Crippen molar-refractivity contribution >= 4 is 17.9 Å². The number of carboxylic acids is 3. The van der Waals surface area contributed by atoms with Crippen molar-refractivity contribution in [1.82, 2.24) is 21.3 Å². The Morgan fingerprint density at radius 1 is 0.537 bits per heavy atom. The summed E-state index contributed by atoms with van der Waals surface area (Å²) >= 11 is 0. The van der Waals surface area contributed by atoms with E-state index in [1.165, 1.54) is 5.56 Å². The van der Waals surface area contributed by atoms with Crippen LogP contribution in [-0.2, 0) is 52.9 Å². The van der Waals surface area contributed by atoms with E-state index in [-0.39, 0.29) is 29.7 Å². The minimum absolute atomic E-state index is 0.0923. The Morgan fingerprint density at radius 3 is 1.28 bits per heavy atom. The third-order valence-corrected chi connectivity index (χ3v) is 12.1. The van der Waals surface area contributed by atoms with Gasteiger partial charge in [0.15, 0.2) is 0 Å². The van der Waals surface area contributed by atoms with Gasteiger partial charge in [-0.25, -0.2) is 0 Å². The second kappa shape index (κ2) is 19.5. The highest BCUT2D eigenvalue weighted by atomic mass is 16.4. The Labute approximate surface area is 319 Å². The number of aliphatic carboxylic acids is 3. The van der Waals surface area contributed by atoms with Gasteiger partial charge in [-0.2, -0.15) is 0 Å². The van der Waals surface area contributed by atoms with E-state index >= 15 is 0 Å². The highest BCUT2D eigenvalue weighted by Gasteiger charge is 2.32. The van der Waals surface area contributed by atoms with Crippen molar-refractivity contribution in [3.63, 3.8) is 0 Å². The lowest BCUT2D eigenvalue weighted by Crippen LogP contribution is -2.35. The molecule has 0 radical (unpaired) electrons. The van der Waals surface area contributed by atoms with E-state index in [1.54, 1.807) is 0 Å². The Kier molecular flexibility index (Phi) is 14.3. The Bertz CT molecular complexity index is 1600. The largest absolute Gasteiger partial charge is 0.481 e. The van der Waals surface area contributed by atoms with Gasteiger partial charge in [-0.05, 0) is 155 Å². The second-order valence-corrected chi connectivity index (χ2v) is 16.0. The van der Waals surface area contributed by atoms with Crippen molar-refractivity contribution in [2.45, 2.75) is 63.8 Å². The van der Waals surface area contributed by atoms with E-state index in [9.17, 15) is 29.7 Å². The third-order valence-electron chi connectivity index (χ3n) is 12.1. The summed E-state index contributed by atoms with van der Waals surface area (Å²) in [7, 11) is 0. The van der Waals surface area contributed by atoms with Gasteiger partial charge in [0.25, 0.3) is 0 Å². The van der Waals surface area contributed by atoms with Crippen LogP contribution < -0.4 is 21.3 Å². The molecule has 290 valence electrons. The molecular formula is C44H58N4O6.